The number of nitrogens with zero attached hydrogens (tertiary/aromatic N) is 2. The second kappa shape index (κ2) is 12.8. The molecule has 0 amide bonds. The van der Waals surface area contributed by atoms with Crippen molar-refractivity contribution in [1.82, 2.24) is 4.98 Å². The van der Waals surface area contributed by atoms with E-state index in [-0.39, 0.29) is 12.2 Å². The van der Waals surface area contributed by atoms with E-state index in [4.69, 9.17) is 14.2 Å². The third kappa shape index (κ3) is 6.87. The number of ether oxygens (including phenoxy) is 3. The van der Waals surface area contributed by atoms with Crippen LogP contribution in [0.15, 0.2) is 89.6 Å². The fourth-order valence-electron chi connectivity index (χ4n) is 5.05. The molecule has 1 aliphatic carbocycles. The Morgan fingerprint density at radius 2 is 1.68 bits per heavy atom. The van der Waals surface area contributed by atoms with Gasteiger partial charge in [0, 0.05) is 24.4 Å². The van der Waals surface area contributed by atoms with E-state index in [1.807, 2.05) is 73.7 Å². The molecule has 206 valence electrons. The topological polar surface area (TPSA) is 87.1 Å². The number of rotatable bonds is 10. The summed E-state index contributed by atoms with van der Waals surface area (Å²) in [6.07, 6.45) is 8.58. The maximum Gasteiger partial charge on any atom is 0.316 e. The van der Waals surface area contributed by atoms with Crippen molar-refractivity contribution >= 4 is 16.2 Å². The number of hydrogen-bond acceptors (Lipinski definition) is 7. The van der Waals surface area contributed by atoms with Crippen LogP contribution in [0, 0.1) is 6.92 Å². The highest BCUT2D eigenvalue weighted by Gasteiger charge is 2.22. The van der Waals surface area contributed by atoms with E-state index in [0.29, 0.717) is 23.6 Å². The molecule has 40 heavy (non-hydrogen) atoms. The van der Waals surface area contributed by atoms with Gasteiger partial charge in [0.2, 0.25) is 0 Å². The van der Waals surface area contributed by atoms with Crippen molar-refractivity contribution in [2.24, 2.45) is 4.36 Å². The maximum absolute atomic E-state index is 11.3. The molecule has 3 aromatic carbocycles. The van der Waals surface area contributed by atoms with Crippen LogP contribution in [0.4, 0.5) is 5.69 Å². The molecule has 0 aliphatic heterocycles. The van der Waals surface area contributed by atoms with E-state index in [2.05, 4.69) is 9.35 Å². The first-order valence-corrected chi connectivity index (χ1v) is 14.4. The van der Waals surface area contributed by atoms with Gasteiger partial charge in [-0.3, -0.25) is 4.98 Å². The highest BCUT2D eigenvalue weighted by molar-refractivity contribution is 7.61. The predicted molar refractivity (Wildman–Crippen MR) is 155 cm³/mol. The van der Waals surface area contributed by atoms with Gasteiger partial charge in [0.25, 0.3) is 0 Å². The summed E-state index contributed by atoms with van der Waals surface area (Å²) in [5, 5.41) is 0. The zero-order chi connectivity index (χ0) is 27.9. The molecule has 1 saturated carbocycles. The summed E-state index contributed by atoms with van der Waals surface area (Å²) < 4.78 is 44.9. The Labute approximate surface area is 236 Å². The molecular formula is C32H32N2O5S. The second-order valence-corrected chi connectivity index (χ2v) is 10.6. The lowest BCUT2D eigenvalue weighted by atomic mass is 10.0. The van der Waals surface area contributed by atoms with Crippen molar-refractivity contribution in [3.63, 3.8) is 0 Å². The number of aryl methyl sites for hydroxylation is 1. The quantitative estimate of drug-likeness (QED) is 0.202. The molecule has 0 saturated heterocycles. The molecule has 1 atom stereocenters. The van der Waals surface area contributed by atoms with Gasteiger partial charge in [-0.05, 0) is 97.3 Å². The highest BCUT2D eigenvalue weighted by Crippen LogP contribution is 2.37. The molecule has 1 aromatic heterocycles. The minimum Gasteiger partial charge on any atom is -0.493 e. The van der Waals surface area contributed by atoms with E-state index in [1.54, 1.807) is 25.6 Å². The smallest absolute Gasteiger partial charge is 0.316 e. The van der Waals surface area contributed by atoms with E-state index in [1.165, 1.54) is 12.8 Å². The normalized spacial score (nSPS) is 13.9. The summed E-state index contributed by atoms with van der Waals surface area (Å²) in [6, 6.07) is 23.2. The van der Waals surface area contributed by atoms with Gasteiger partial charge in [-0.25, -0.2) is 0 Å². The van der Waals surface area contributed by atoms with E-state index in [0.717, 1.165) is 46.4 Å². The van der Waals surface area contributed by atoms with Gasteiger partial charge in [0.1, 0.15) is 11.9 Å². The average Bonchev–Trinajstić information content (AvgIpc) is 3.47. The van der Waals surface area contributed by atoms with Crippen molar-refractivity contribution in [3.05, 3.63) is 102 Å². The van der Waals surface area contributed by atoms with Gasteiger partial charge in [0.05, 0.1) is 18.9 Å². The molecule has 1 aliphatic rings. The highest BCUT2D eigenvalue weighted by atomic mass is 32.2. The summed E-state index contributed by atoms with van der Waals surface area (Å²) in [6.45, 7) is 1.90. The standard InChI is InChI=1S/C32H32N2O5S/c1-22-7-13-28(29(19-22)34-40(35)36)24-8-11-27(12-9-24)38-31(20-23-15-17-33-18-16-23)25-10-14-30(37-2)32(21-25)39-26-5-3-4-6-26/h7-19,21,26,31H,3-6,20H2,1-2H3. The first-order chi connectivity index (χ1) is 19.5. The second-order valence-electron chi connectivity index (χ2n) is 9.95. The molecular weight excluding hydrogens is 524 g/mol. The largest absolute Gasteiger partial charge is 0.493 e. The van der Waals surface area contributed by atoms with Crippen LogP contribution in [-0.4, -0.2) is 26.6 Å². The van der Waals surface area contributed by atoms with E-state index < -0.39 is 10.5 Å². The van der Waals surface area contributed by atoms with Crippen LogP contribution in [0.25, 0.3) is 11.1 Å². The molecule has 0 bridgehead atoms. The van der Waals surface area contributed by atoms with Crippen LogP contribution < -0.4 is 14.2 Å². The van der Waals surface area contributed by atoms with Crippen LogP contribution in [0.5, 0.6) is 17.2 Å². The Bertz CT molecular complexity index is 1570. The third-order valence-corrected chi connectivity index (χ3v) is 7.44. The number of methoxy groups -OCH3 is 1. The van der Waals surface area contributed by atoms with Crippen molar-refractivity contribution in [2.75, 3.05) is 7.11 Å². The minimum atomic E-state index is -2.54. The molecule has 7 nitrogen and oxygen atoms in total. The summed E-state index contributed by atoms with van der Waals surface area (Å²) in [4.78, 5) is 4.15. The van der Waals surface area contributed by atoms with Gasteiger partial charge in [-0.1, -0.05) is 30.3 Å². The number of aromatic nitrogens is 1. The summed E-state index contributed by atoms with van der Waals surface area (Å²) in [5.74, 6) is 2.13. The Morgan fingerprint density at radius 1 is 0.925 bits per heavy atom. The van der Waals surface area contributed by atoms with Crippen molar-refractivity contribution < 1.29 is 22.6 Å². The lowest BCUT2D eigenvalue weighted by Crippen LogP contribution is -2.14. The van der Waals surface area contributed by atoms with Gasteiger partial charge < -0.3 is 14.2 Å². The van der Waals surface area contributed by atoms with Crippen LogP contribution in [-0.2, 0) is 16.9 Å². The van der Waals surface area contributed by atoms with Gasteiger partial charge in [0.15, 0.2) is 11.5 Å². The van der Waals surface area contributed by atoms with Gasteiger partial charge >= 0.3 is 10.5 Å². The molecule has 0 radical (unpaired) electrons. The van der Waals surface area contributed by atoms with Crippen LogP contribution >= 0.6 is 0 Å². The molecule has 0 spiro atoms. The SMILES string of the molecule is COc1ccc(C(Cc2ccncc2)Oc2ccc(-c3ccc(C)cc3N=S(=O)=O)cc2)cc1OC1CCCC1. The lowest BCUT2D eigenvalue weighted by molar-refractivity contribution is 0.193. The summed E-state index contributed by atoms with van der Waals surface area (Å²) in [7, 11) is -0.884. The molecule has 1 heterocycles. The van der Waals surface area contributed by atoms with Crippen molar-refractivity contribution in [2.45, 2.75) is 51.2 Å². The molecule has 1 fully saturated rings. The van der Waals surface area contributed by atoms with Crippen LogP contribution in [0.2, 0.25) is 0 Å². The summed E-state index contributed by atoms with van der Waals surface area (Å²) >= 11 is 0. The Kier molecular flexibility index (Phi) is 8.76. The van der Waals surface area contributed by atoms with Gasteiger partial charge in [-0.15, -0.1) is 4.36 Å². The Balaban J connectivity index is 1.44. The first-order valence-electron chi connectivity index (χ1n) is 13.4. The zero-order valence-corrected chi connectivity index (χ0v) is 23.4. The number of benzene rings is 3. The molecule has 8 heteroatoms. The van der Waals surface area contributed by atoms with Crippen molar-refractivity contribution in [3.8, 4) is 28.4 Å². The first kappa shape index (κ1) is 27.4. The Morgan fingerprint density at radius 3 is 2.38 bits per heavy atom. The molecule has 0 N–H and O–H groups in total. The van der Waals surface area contributed by atoms with Crippen molar-refractivity contribution in [1.29, 1.82) is 0 Å². The van der Waals surface area contributed by atoms with Crippen LogP contribution in [0.1, 0.15) is 48.5 Å². The number of hydrogen-bond donors (Lipinski definition) is 0. The third-order valence-electron chi connectivity index (χ3n) is 7.10. The summed E-state index contributed by atoms with van der Waals surface area (Å²) in [5.41, 5.74) is 5.00. The lowest BCUT2D eigenvalue weighted by Gasteiger charge is -2.22. The molecule has 1 unspecified atom stereocenters. The van der Waals surface area contributed by atoms with E-state index in [9.17, 15) is 8.42 Å². The number of pyridine rings is 1. The monoisotopic (exact) mass is 556 g/mol. The zero-order valence-electron chi connectivity index (χ0n) is 22.6. The Hall–Kier alpha value is -4.17. The van der Waals surface area contributed by atoms with Gasteiger partial charge in [-0.2, -0.15) is 8.42 Å². The fourth-order valence-corrected chi connectivity index (χ4v) is 5.36. The molecule has 5 rings (SSSR count). The maximum atomic E-state index is 11.3. The fraction of sp³-hybridized carbons (Fsp3) is 0.281. The van der Waals surface area contributed by atoms with E-state index >= 15 is 0 Å². The minimum absolute atomic E-state index is 0.203. The van der Waals surface area contributed by atoms with Crippen LogP contribution in [0.3, 0.4) is 0 Å². The molecule has 4 aromatic rings. The predicted octanol–water partition coefficient (Wildman–Crippen LogP) is 7.44. The average molecular weight is 557 g/mol.